The summed E-state index contributed by atoms with van der Waals surface area (Å²) in [6.45, 7) is 5.27. The zero-order chi connectivity index (χ0) is 11.5. The lowest BCUT2D eigenvalue weighted by molar-refractivity contribution is 0.596. The molecule has 0 spiro atoms. The lowest BCUT2D eigenvalue weighted by atomic mass is 10.1. The van der Waals surface area contributed by atoms with Gasteiger partial charge in [0.15, 0.2) is 9.84 Å². The summed E-state index contributed by atoms with van der Waals surface area (Å²) in [6, 6.07) is 5.17. The van der Waals surface area contributed by atoms with E-state index in [9.17, 15) is 8.42 Å². The summed E-state index contributed by atoms with van der Waals surface area (Å²) in [6.07, 6.45) is 1.64. The van der Waals surface area contributed by atoms with Crippen LogP contribution in [0.2, 0.25) is 5.02 Å². The van der Waals surface area contributed by atoms with Crippen molar-refractivity contribution in [2.24, 2.45) is 0 Å². The van der Waals surface area contributed by atoms with Gasteiger partial charge in [0.25, 0.3) is 0 Å². The number of hydrogen-bond donors (Lipinski definition) is 0. The van der Waals surface area contributed by atoms with Gasteiger partial charge >= 0.3 is 0 Å². The molecule has 15 heavy (non-hydrogen) atoms. The van der Waals surface area contributed by atoms with E-state index in [1.54, 1.807) is 31.2 Å². The van der Waals surface area contributed by atoms with Crippen molar-refractivity contribution in [1.29, 1.82) is 0 Å². The van der Waals surface area contributed by atoms with Crippen molar-refractivity contribution < 1.29 is 8.42 Å². The molecule has 2 nitrogen and oxygen atoms in total. The Labute approximate surface area is 95.5 Å². The van der Waals surface area contributed by atoms with E-state index in [-0.39, 0.29) is 11.5 Å². The van der Waals surface area contributed by atoms with Gasteiger partial charge in [0.2, 0.25) is 0 Å². The first-order valence-corrected chi connectivity index (χ1v) is 6.79. The molecule has 0 saturated carbocycles. The van der Waals surface area contributed by atoms with Crippen LogP contribution in [0.1, 0.15) is 18.1 Å². The Balaban J connectivity index is 3.13. The van der Waals surface area contributed by atoms with Gasteiger partial charge in [-0.1, -0.05) is 37.2 Å². The van der Waals surface area contributed by atoms with Crippen molar-refractivity contribution >= 4 is 27.5 Å². The van der Waals surface area contributed by atoms with Crippen LogP contribution in [0, 0.1) is 0 Å². The Kier molecular flexibility index (Phi) is 3.94. The second-order valence-electron chi connectivity index (χ2n) is 3.22. The van der Waals surface area contributed by atoms with Crippen molar-refractivity contribution in [3.05, 3.63) is 40.9 Å². The third kappa shape index (κ3) is 3.36. The van der Waals surface area contributed by atoms with Gasteiger partial charge in [0, 0.05) is 10.8 Å². The third-order valence-corrected chi connectivity index (χ3v) is 4.01. The van der Waals surface area contributed by atoms with Gasteiger partial charge in [0.1, 0.15) is 0 Å². The molecular weight excluding hydrogens is 232 g/mol. The minimum atomic E-state index is -3.03. The molecule has 0 atom stereocenters. The zero-order valence-corrected chi connectivity index (χ0v) is 10.1. The molecule has 0 fully saturated rings. The van der Waals surface area contributed by atoms with E-state index in [1.165, 1.54) is 0 Å². The van der Waals surface area contributed by atoms with Gasteiger partial charge in [0.05, 0.1) is 5.75 Å². The third-order valence-electron chi connectivity index (χ3n) is 2.14. The summed E-state index contributed by atoms with van der Waals surface area (Å²) >= 11 is 5.82. The van der Waals surface area contributed by atoms with Gasteiger partial charge in [-0.3, -0.25) is 0 Å². The first-order valence-electron chi connectivity index (χ1n) is 4.60. The number of halogens is 1. The van der Waals surface area contributed by atoms with Crippen molar-refractivity contribution in [3.63, 3.8) is 0 Å². The lowest BCUT2D eigenvalue weighted by Crippen LogP contribution is -2.07. The molecule has 0 amide bonds. The average Bonchev–Trinajstić information content (AvgIpc) is 2.18. The smallest absolute Gasteiger partial charge is 0.154 e. The van der Waals surface area contributed by atoms with Crippen LogP contribution >= 0.6 is 11.6 Å². The maximum Gasteiger partial charge on any atom is 0.154 e. The summed E-state index contributed by atoms with van der Waals surface area (Å²) in [7, 11) is -3.03. The molecular formula is C11H13ClO2S. The van der Waals surface area contributed by atoms with Gasteiger partial charge in [-0.2, -0.15) is 0 Å². The van der Waals surface area contributed by atoms with Crippen molar-refractivity contribution in [2.75, 3.05) is 5.75 Å². The number of sulfone groups is 1. The highest BCUT2D eigenvalue weighted by Crippen LogP contribution is 2.19. The summed E-state index contributed by atoms with van der Waals surface area (Å²) in [5.74, 6) is 0.154. The molecule has 4 heteroatoms. The average molecular weight is 245 g/mol. The van der Waals surface area contributed by atoms with E-state index in [0.29, 0.717) is 10.6 Å². The first-order chi connectivity index (χ1) is 6.98. The molecule has 82 valence electrons. The van der Waals surface area contributed by atoms with Crippen LogP contribution in [-0.2, 0) is 15.6 Å². The summed E-state index contributed by atoms with van der Waals surface area (Å²) < 4.78 is 22.9. The molecule has 1 aromatic carbocycles. The molecule has 0 aliphatic carbocycles. The van der Waals surface area contributed by atoms with Crippen molar-refractivity contribution in [1.82, 2.24) is 0 Å². The topological polar surface area (TPSA) is 34.1 Å². The molecule has 0 heterocycles. The molecule has 1 rings (SSSR count). The largest absolute Gasteiger partial charge is 0.229 e. The van der Waals surface area contributed by atoms with Crippen LogP contribution in [0.4, 0.5) is 0 Å². The molecule has 0 N–H and O–H groups in total. The fraction of sp³-hybridized carbons (Fsp3) is 0.273. The molecule has 0 unspecified atom stereocenters. The predicted molar refractivity (Wildman–Crippen MR) is 64.7 cm³/mol. The Morgan fingerprint density at radius 1 is 1.47 bits per heavy atom. The van der Waals surface area contributed by atoms with Crippen LogP contribution in [0.3, 0.4) is 0 Å². The number of rotatable bonds is 4. The van der Waals surface area contributed by atoms with Gasteiger partial charge in [-0.15, -0.1) is 0 Å². The summed E-state index contributed by atoms with van der Waals surface area (Å²) in [5, 5.41) is 0.543. The second-order valence-corrected chi connectivity index (χ2v) is 6.01. The fourth-order valence-electron chi connectivity index (χ4n) is 1.24. The zero-order valence-electron chi connectivity index (χ0n) is 8.53. The van der Waals surface area contributed by atoms with E-state index in [1.807, 2.05) is 0 Å². The van der Waals surface area contributed by atoms with Gasteiger partial charge < -0.3 is 0 Å². The number of hydrogen-bond acceptors (Lipinski definition) is 2. The lowest BCUT2D eigenvalue weighted by Gasteiger charge is -2.06. The molecule has 0 saturated heterocycles. The molecule has 0 aliphatic rings. The summed E-state index contributed by atoms with van der Waals surface area (Å²) in [4.78, 5) is 0. The van der Waals surface area contributed by atoms with E-state index >= 15 is 0 Å². The Morgan fingerprint density at radius 3 is 2.67 bits per heavy atom. The molecule has 0 bridgehead atoms. The molecule has 1 aromatic rings. The molecule has 0 aliphatic heterocycles. The summed E-state index contributed by atoms with van der Waals surface area (Å²) in [5.41, 5.74) is 1.52. The minimum absolute atomic E-state index is 0.0193. The van der Waals surface area contributed by atoms with Crippen LogP contribution < -0.4 is 0 Å². The quantitative estimate of drug-likeness (QED) is 0.816. The van der Waals surface area contributed by atoms with Crippen molar-refractivity contribution in [3.8, 4) is 0 Å². The normalized spacial score (nSPS) is 11.3. The minimum Gasteiger partial charge on any atom is -0.229 e. The SMILES string of the molecule is C=Cc1ccc(Cl)cc1CS(=O)(=O)CC. The highest BCUT2D eigenvalue weighted by Gasteiger charge is 2.11. The van der Waals surface area contributed by atoms with Gasteiger partial charge in [-0.05, 0) is 23.3 Å². The van der Waals surface area contributed by atoms with Crippen molar-refractivity contribution in [2.45, 2.75) is 12.7 Å². The maximum absolute atomic E-state index is 11.5. The Hall–Kier alpha value is -0.800. The second kappa shape index (κ2) is 4.81. The van der Waals surface area contributed by atoms with Gasteiger partial charge in [-0.25, -0.2) is 8.42 Å². The fourth-order valence-corrected chi connectivity index (χ4v) is 2.36. The molecule has 0 aromatic heterocycles. The maximum atomic E-state index is 11.5. The predicted octanol–water partition coefficient (Wildman–Crippen LogP) is 2.92. The van der Waals surface area contributed by atoms with E-state index in [0.717, 1.165) is 5.56 Å². The van der Waals surface area contributed by atoms with Crippen LogP contribution in [0.25, 0.3) is 6.08 Å². The first kappa shape index (κ1) is 12.3. The van der Waals surface area contributed by atoms with E-state index in [4.69, 9.17) is 11.6 Å². The number of benzene rings is 1. The standard InChI is InChI=1S/C11H13ClO2S/c1-3-9-5-6-11(12)7-10(9)8-15(13,14)4-2/h3,5-7H,1,4,8H2,2H3. The monoisotopic (exact) mass is 244 g/mol. The van der Waals surface area contributed by atoms with Crippen LogP contribution in [0.5, 0.6) is 0 Å². The van der Waals surface area contributed by atoms with E-state index < -0.39 is 9.84 Å². The van der Waals surface area contributed by atoms with Crippen LogP contribution in [0.15, 0.2) is 24.8 Å². The highest BCUT2D eigenvalue weighted by molar-refractivity contribution is 7.90. The van der Waals surface area contributed by atoms with Crippen LogP contribution in [-0.4, -0.2) is 14.2 Å². The molecule has 0 radical (unpaired) electrons. The van der Waals surface area contributed by atoms with E-state index in [2.05, 4.69) is 6.58 Å². The Morgan fingerprint density at radius 2 is 2.13 bits per heavy atom. The highest BCUT2D eigenvalue weighted by atomic mass is 35.5. The Bertz CT molecular complexity index is 463.